The first-order valence-corrected chi connectivity index (χ1v) is 7.01. The van der Waals surface area contributed by atoms with Crippen LogP contribution >= 0.6 is 50.5 Å². The van der Waals surface area contributed by atoms with Crippen molar-refractivity contribution in [3.8, 4) is 0 Å². The van der Waals surface area contributed by atoms with Crippen molar-refractivity contribution >= 4 is 50.5 Å². The lowest BCUT2D eigenvalue weighted by atomic mass is 10.1. The molecular formula is C11H7BrCl2FNS. The first-order chi connectivity index (χ1) is 8.00. The maximum absolute atomic E-state index is 13.8. The molecule has 0 amide bonds. The number of hydrogen-bond donors (Lipinski definition) is 1. The summed E-state index contributed by atoms with van der Waals surface area (Å²) in [6.07, 6.45) is 0. The van der Waals surface area contributed by atoms with Crippen molar-refractivity contribution in [2.24, 2.45) is 5.73 Å². The summed E-state index contributed by atoms with van der Waals surface area (Å²) in [5.74, 6) is -0.484. The van der Waals surface area contributed by atoms with Crippen LogP contribution in [0.25, 0.3) is 0 Å². The minimum absolute atomic E-state index is 0.0691. The van der Waals surface area contributed by atoms with Gasteiger partial charge in [0.15, 0.2) is 0 Å². The Labute approximate surface area is 120 Å². The molecule has 0 bridgehead atoms. The van der Waals surface area contributed by atoms with Crippen molar-refractivity contribution in [3.63, 3.8) is 0 Å². The van der Waals surface area contributed by atoms with Gasteiger partial charge >= 0.3 is 0 Å². The van der Waals surface area contributed by atoms with Crippen molar-refractivity contribution in [1.82, 2.24) is 0 Å². The topological polar surface area (TPSA) is 26.0 Å². The van der Waals surface area contributed by atoms with Gasteiger partial charge < -0.3 is 5.73 Å². The molecule has 0 saturated carbocycles. The van der Waals surface area contributed by atoms with Gasteiger partial charge in [-0.15, -0.1) is 11.3 Å². The van der Waals surface area contributed by atoms with Crippen LogP contribution in [0.5, 0.6) is 0 Å². The normalized spacial score (nSPS) is 12.8. The molecule has 1 aromatic carbocycles. The van der Waals surface area contributed by atoms with E-state index in [2.05, 4.69) is 15.9 Å². The van der Waals surface area contributed by atoms with Crippen LogP contribution < -0.4 is 5.73 Å². The molecule has 1 aromatic heterocycles. The van der Waals surface area contributed by atoms with Gasteiger partial charge in [-0.2, -0.15) is 0 Å². The molecule has 0 aliphatic heterocycles. The average Bonchev–Trinajstić information content (AvgIpc) is 2.62. The third-order valence-corrected chi connectivity index (χ3v) is 5.14. The fourth-order valence-electron chi connectivity index (χ4n) is 1.43. The second kappa shape index (κ2) is 5.24. The Balaban J connectivity index is 2.43. The quantitative estimate of drug-likeness (QED) is 0.806. The Morgan fingerprint density at radius 1 is 1.35 bits per heavy atom. The molecule has 1 heterocycles. The summed E-state index contributed by atoms with van der Waals surface area (Å²) in [6, 6.07) is 6.00. The first-order valence-electron chi connectivity index (χ1n) is 4.65. The van der Waals surface area contributed by atoms with E-state index in [4.69, 9.17) is 28.9 Å². The molecule has 0 aliphatic carbocycles. The van der Waals surface area contributed by atoms with Crippen LogP contribution in [0.1, 0.15) is 16.5 Å². The molecule has 6 heteroatoms. The minimum atomic E-state index is -0.567. The summed E-state index contributed by atoms with van der Waals surface area (Å²) >= 11 is 16.3. The molecule has 0 radical (unpaired) electrons. The van der Waals surface area contributed by atoms with Crippen LogP contribution in [0.4, 0.5) is 4.39 Å². The van der Waals surface area contributed by atoms with E-state index in [0.29, 0.717) is 9.90 Å². The van der Waals surface area contributed by atoms with Gasteiger partial charge in [0.2, 0.25) is 0 Å². The highest BCUT2D eigenvalue weighted by molar-refractivity contribution is 9.10. The Morgan fingerprint density at radius 3 is 2.65 bits per heavy atom. The maximum Gasteiger partial charge on any atom is 0.146 e. The molecule has 0 spiro atoms. The molecule has 0 fully saturated rings. The standard InChI is InChI=1S/C11H7BrCl2FNS/c12-6-4-8(17-11(6)14)10(16)5-2-1-3-7(13)9(5)15/h1-4,10H,16H2. The lowest BCUT2D eigenvalue weighted by molar-refractivity contribution is 0.601. The van der Waals surface area contributed by atoms with Crippen molar-refractivity contribution in [1.29, 1.82) is 0 Å². The highest BCUT2D eigenvalue weighted by atomic mass is 79.9. The molecular weight excluding hydrogens is 348 g/mol. The predicted octanol–water partition coefficient (Wildman–Crippen LogP) is 5.00. The molecule has 2 N–H and O–H groups in total. The number of hydrogen-bond acceptors (Lipinski definition) is 2. The second-order valence-corrected chi connectivity index (χ2v) is 6.34. The predicted molar refractivity (Wildman–Crippen MR) is 74.5 cm³/mol. The van der Waals surface area contributed by atoms with E-state index in [1.54, 1.807) is 18.2 Å². The molecule has 1 nitrogen and oxygen atoms in total. The zero-order chi connectivity index (χ0) is 12.6. The van der Waals surface area contributed by atoms with Crippen molar-refractivity contribution in [3.05, 3.63) is 54.4 Å². The van der Waals surface area contributed by atoms with Gasteiger partial charge in [0, 0.05) is 14.9 Å². The van der Waals surface area contributed by atoms with Crippen LogP contribution in [-0.4, -0.2) is 0 Å². The number of halogens is 4. The van der Waals surface area contributed by atoms with Gasteiger partial charge in [-0.25, -0.2) is 4.39 Å². The fraction of sp³-hybridized carbons (Fsp3) is 0.0909. The van der Waals surface area contributed by atoms with E-state index in [9.17, 15) is 4.39 Å². The van der Waals surface area contributed by atoms with Gasteiger partial charge in [-0.1, -0.05) is 35.3 Å². The fourth-order valence-corrected chi connectivity index (χ4v) is 3.37. The van der Waals surface area contributed by atoms with Crippen LogP contribution in [0, 0.1) is 5.82 Å². The van der Waals surface area contributed by atoms with Crippen molar-refractivity contribution < 1.29 is 4.39 Å². The van der Waals surface area contributed by atoms with Gasteiger partial charge in [0.25, 0.3) is 0 Å². The minimum Gasteiger partial charge on any atom is -0.320 e. The molecule has 90 valence electrons. The summed E-state index contributed by atoms with van der Waals surface area (Å²) in [4.78, 5) is 0.781. The van der Waals surface area contributed by atoms with Crippen LogP contribution in [0.15, 0.2) is 28.7 Å². The highest BCUT2D eigenvalue weighted by Crippen LogP contribution is 2.37. The van der Waals surface area contributed by atoms with Gasteiger partial charge in [-0.3, -0.25) is 0 Å². The third kappa shape index (κ3) is 2.66. The Hall–Kier alpha value is -0.130. The molecule has 2 aromatic rings. The molecule has 0 aliphatic rings. The van der Waals surface area contributed by atoms with Gasteiger partial charge in [-0.05, 0) is 28.1 Å². The smallest absolute Gasteiger partial charge is 0.146 e. The van der Waals surface area contributed by atoms with E-state index < -0.39 is 11.9 Å². The van der Waals surface area contributed by atoms with Crippen molar-refractivity contribution in [2.75, 3.05) is 0 Å². The molecule has 17 heavy (non-hydrogen) atoms. The summed E-state index contributed by atoms with van der Waals surface area (Å²) in [6.45, 7) is 0. The monoisotopic (exact) mass is 353 g/mol. The number of thiophene rings is 1. The zero-order valence-electron chi connectivity index (χ0n) is 8.38. The molecule has 1 unspecified atom stereocenters. The zero-order valence-corrected chi connectivity index (χ0v) is 12.3. The average molecular weight is 355 g/mol. The van der Waals surface area contributed by atoms with E-state index in [1.165, 1.54) is 17.4 Å². The summed E-state index contributed by atoms with van der Waals surface area (Å²) in [5.41, 5.74) is 6.36. The van der Waals surface area contributed by atoms with E-state index in [-0.39, 0.29) is 5.02 Å². The van der Waals surface area contributed by atoms with E-state index in [1.807, 2.05) is 0 Å². The van der Waals surface area contributed by atoms with Crippen LogP contribution in [-0.2, 0) is 0 Å². The Morgan fingerprint density at radius 2 is 2.06 bits per heavy atom. The van der Waals surface area contributed by atoms with Crippen LogP contribution in [0.2, 0.25) is 9.36 Å². The summed E-state index contributed by atoms with van der Waals surface area (Å²) in [5, 5.41) is 0.0691. The number of benzene rings is 1. The SMILES string of the molecule is NC(c1cc(Br)c(Cl)s1)c1cccc(Cl)c1F. The van der Waals surface area contributed by atoms with Crippen LogP contribution in [0.3, 0.4) is 0 Å². The largest absolute Gasteiger partial charge is 0.320 e. The maximum atomic E-state index is 13.8. The first kappa shape index (κ1) is 13.3. The highest BCUT2D eigenvalue weighted by Gasteiger charge is 2.18. The molecule has 2 rings (SSSR count). The Bertz CT molecular complexity index is 539. The van der Waals surface area contributed by atoms with E-state index in [0.717, 1.165) is 9.35 Å². The molecule has 1 atom stereocenters. The number of rotatable bonds is 2. The lowest BCUT2D eigenvalue weighted by Crippen LogP contribution is -2.12. The summed E-state index contributed by atoms with van der Waals surface area (Å²) < 4.78 is 15.1. The number of nitrogens with two attached hydrogens (primary N) is 1. The Kier molecular flexibility index (Phi) is 4.10. The van der Waals surface area contributed by atoms with Gasteiger partial charge in [0.1, 0.15) is 10.2 Å². The third-order valence-electron chi connectivity index (χ3n) is 2.29. The van der Waals surface area contributed by atoms with Crippen molar-refractivity contribution in [2.45, 2.75) is 6.04 Å². The van der Waals surface area contributed by atoms with Gasteiger partial charge in [0.05, 0.1) is 11.1 Å². The summed E-state index contributed by atoms with van der Waals surface area (Å²) in [7, 11) is 0. The molecule has 0 saturated heterocycles. The lowest BCUT2D eigenvalue weighted by Gasteiger charge is -2.11. The second-order valence-electron chi connectivity index (χ2n) is 3.39. The van der Waals surface area contributed by atoms with E-state index >= 15 is 0 Å².